The van der Waals surface area contributed by atoms with Crippen molar-refractivity contribution in [2.45, 2.75) is 18.4 Å². The SMILES string of the molecule is COc1nc(N(C)CC2(O)CCOCC2)ncc1Br. The molecule has 1 aromatic rings. The van der Waals surface area contributed by atoms with Crippen molar-refractivity contribution >= 4 is 21.9 Å². The summed E-state index contributed by atoms with van der Waals surface area (Å²) in [5, 5.41) is 10.5. The predicted molar refractivity (Wildman–Crippen MR) is 74.6 cm³/mol. The normalized spacial score (nSPS) is 18.1. The van der Waals surface area contributed by atoms with Crippen molar-refractivity contribution in [3.8, 4) is 5.88 Å². The zero-order chi connectivity index (χ0) is 13.9. The minimum Gasteiger partial charge on any atom is -0.480 e. The van der Waals surface area contributed by atoms with Crippen molar-refractivity contribution in [2.24, 2.45) is 0 Å². The molecule has 2 rings (SSSR count). The number of likely N-dealkylation sites (N-methyl/N-ethyl adjacent to an activating group) is 1. The Kier molecular flexibility index (Phi) is 4.59. The van der Waals surface area contributed by atoms with Crippen LogP contribution in [0.5, 0.6) is 5.88 Å². The highest BCUT2D eigenvalue weighted by molar-refractivity contribution is 9.10. The molecule has 0 amide bonds. The molecule has 1 N–H and O–H groups in total. The molecule has 0 unspecified atom stereocenters. The number of hydrogen-bond donors (Lipinski definition) is 1. The Bertz CT molecular complexity index is 438. The number of aliphatic hydroxyl groups is 1. The Balaban J connectivity index is 2.08. The van der Waals surface area contributed by atoms with Crippen LogP contribution >= 0.6 is 15.9 Å². The minimum atomic E-state index is -0.739. The predicted octanol–water partition coefficient (Wildman–Crippen LogP) is 1.23. The van der Waals surface area contributed by atoms with Gasteiger partial charge >= 0.3 is 0 Å². The summed E-state index contributed by atoms with van der Waals surface area (Å²) in [6, 6.07) is 0. The fraction of sp³-hybridized carbons (Fsp3) is 0.667. The fourth-order valence-electron chi connectivity index (χ4n) is 2.09. The number of hydrogen-bond acceptors (Lipinski definition) is 6. The van der Waals surface area contributed by atoms with Gasteiger partial charge < -0.3 is 19.5 Å². The van der Waals surface area contributed by atoms with E-state index < -0.39 is 5.60 Å². The van der Waals surface area contributed by atoms with Gasteiger partial charge in [0.25, 0.3) is 0 Å². The number of rotatable bonds is 4. The van der Waals surface area contributed by atoms with E-state index in [0.29, 0.717) is 48.9 Å². The van der Waals surface area contributed by atoms with Gasteiger partial charge in [0.2, 0.25) is 11.8 Å². The van der Waals surface area contributed by atoms with Crippen LogP contribution in [-0.4, -0.2) is 54.6 Å². The van der Waals surface area contributed by atoms with Crippen LogP contribution < -0.4 is 9.64 Å². The lowest BCUT2D eigenvalue weighted by Gasteiger charge is -2.35. The zero-order valence-electron chi connectivity index (χ0n) is 11.1. The van der Waals surface area contributed by atoms with Gasteiger partial charge in [-0.3, -0.25) is 0 Å². The molecule has 0 aliphatic carbocycles. The first-order chi connectivity index (χ1) is 9.04. The molecule has 2 heterocycles. The van der Waals surface area contributed by atoms with E-state index in [1.807, 2.05) is 11.9 Å². The Labute approximate surface area is 120 Å². The van der Waals surface area contributed by atoms with Crippen molar-refractivity contribution < 1.29 is 14.6 Å². The van der Waals surface area contributed by atoms with Crippen LogP contribution in [0.4, 0.5) is 5.95 Å². The lowest BCUT2D eigenvalue weighted by atomic mass is 9.94. The maximum absolute atomic E-state index is 10.5. The zero-order valence-corrected chi connectivity index (χ0v) is 12.7. The summed E-state index contributed by atoms with van der Waals surface area (Å²) in [7, 11) is 3.42. The van der Waals surface area contributed by atoms with E-state index in [1.54, 1.807) is 13.3 Å². The Morgan fingerprint density at radius 2 is 2.21 bits per heavy atom. The topological polar surface area (TPSA) is 67.7 Å². The molecule has 0 saturated carbocycles. The lowest BCUT2D eigenvalue weighted by molar-refractivity contribution is -0.0574. The first kappa shape index (κ1) is 14.5. The van der Waals surface area contributed by atoms with Crippen molar-refractivity contribution in [1.29, 1.82) is 0 Å². The highest BCUT2D eigenvalue weighted by Gasteiger charge is 2.31. The second kappa shape index (κ2) is 6.02. The van der Waals surface area contributed by atoms with Gasteiger partial charge in [0, 0.05) is 39.6 Å². The third-order valence-corrected chi connectivity index (χ3v) is 3.73. The van der Waals surface area contributed by atoms with Crippen LogP contribution in [-0.2, 0) is 4.74 Å². The third-order valence-electron chi connectivity index (χ3n) is 3.19. The third kappa shape index (κ3) is 3.55. The van der Waals surface area contributed by atoms with Gasteiger partial charge in [0.1, 0.15) is 0 Å². The first-order valence-corrected chi connectivity index (χ1v) is 6.91. The molecule has 19 heavy (non-hydrogen) atoms. The second-order valence-electron chi connectivity index (χ2n) is 4.72. The molecule has 7 heteroatoms. The summed E-state index contributed by atoms with van der Waals surface area (Å²) in [6.07, 6.45) is 2.90. The number of aromatic nitrogens is 2. The molecular weight excluding hydrogens is 314 g/mol. The molecule has 1 fully saturated rings. The van der Waals surface area contributed by atoms with Crippen molar-refractivity contribution in [2.75, 3.05) is 38.8 Å². The van der Waals surface area contributed by atoms with E-state index in [0.717, 1.165) is 0 Å². The van der Waals surface area contributed by atoms with E-state index in [2.05, 4.69) is 25.9 Å². The lowest BCUT2D eigenvalue weighted by Crippen LogP contribution is -2.46. The summed E-state index contributed by atoms with van der Waals surface area (Å²) in [5.41, 5.74) is -0.739. The monoisotopic (exact) mass is 331 g/mol. The smallest absolute Gasteiger partial charge is 0.232 e. The molecule has 0 radical (unpaired) electrons. The quantitative estimate of drug-likeness (QED) is 0.894. The summed E-state index contributed by atoms with van der Waals surface area (Å²) < 4.78 is 11.1. The first-order valence-electron chi connectivity index (χ1n) is 6.12. The van der Waals surface area contributed by atoms with Crippen molar-refractivity contribution in [3.63, 3.8) is 0 Å². The van der Waals surface area contributed by atoms with Gasteiger partial charge in [0.05, 0.1) is 23.4 Å². The molecule has 6 nitrogen and oxygen atoms in total. The Morgan fingerprint density at radius 3 is 2.84 bits per heavy atom. The van der Waals surface area contributed by atoms with Gasteiger partial charge in [-0.15, -0.1) is 0 Å². The van der Waals surface area contributed by atoms with Crippen LogP contribution in [0.3, 0.4) is 0 Å². The molecule has 0 spiro atoms. The van der Waals surface area contributed by atoms with E-state index in [-0.39, 0.29) is 0 Å². The molecule has 1 aliphatic heterocycles. The average Bonchev–Trinajstić information content (AvgIpc) is 2.39. The fourth-order valence-corrected chi connectivity index (χ4v) is 2.44. The highest BCUT2D eigenvalue weighted by Crippen LogP contribution is 2.26. The maximum atomic E-state index is 10.5. The van der Waals surface area contributed by atoms with E-state index in [1.165, 1.54) is 0 Å². The van der Waals surface area contributed by atoms with Gasteiger partial charge in [-0.1, -0.05) is 0 Å². The van der Waals surface area contributed by atoms with Crippen LogP contribution in [0.1, 0.15) is 12.8 Å². The van der Waals surface area contributed by atoms with Gasteiger partial charge in [-0.2, -0.15) is 4.98 Å². The van der Waals surface area contributed by atoms with E-state index in [9.17, 15) is 5.11 Å². The second-order valence-corrected chi connectivity index (χ2v) is 5.57. The molecule has 1 aliphatic rings. The highest BCUT2D eigenvalue weighted by atomic mass is 79.9. The van der Waals surface area contributed by atoms with Crippen LogP contribution in [0, 0.1) is 0 Å². The molecular formula is C12H18BrN3O3. The summed E-state index contributed by atoms with van der Waals surface area (Å²) in [5.74, 6) is 1.01. The van der Waals surface area contributed by atoms with E-state index >= 15 is 0 Å². The largest absolute Gasteiger partial charge is 0.480 e. The van der Waals surface area contributed by atoms with Crippen LogP contribution in [0.15, 0.2) is 10.7 Å². The van der Waals surface area contributed by atoms with Gasteiger partial charge in [-0.25, -0.2) is 4.98 Å². The Morgan fingerprint density at radius 1 is 1.53 bits per heavy atom. The summed E-state index contributed by atoms with van der Waals surface area (Å²) in [6.45, 7) is 1.66. The standard InChI is InChI=1S/C12H18BrN3O3/c1-16(8-12(17)3-5-19-6-4-12)11-14-7-9(13)10(15-11)18-2/h7,17H,3-6,8H2,1-2H3. The number of ether oxygens (including phenoxy) is 2. The van der Waals surface area contributed by atoms with Crippen molar-refractivity contribution in [1.82, 2.24) is 9.97 Å². The van der Waals surface area contributed by atoms with E-state index in [4.69, 9.17) is 9.47 Å². The van der Waals surface area contributed by atoms with Crippen LogP contribution in [0.25, 0.3) is 0 Å². The summed E-state index contributed by atoms with van der Waals surface area (Å²) >= 11 is 3.31. The molecule has 0 atom stereocenters. The van der Waals surface area contributed by atoms with Crippen LogP contribution in [0.2, 0.25) is 0 Å². The number of methoxy groups -OCH3 is 1. The van der Waals surface area contributed by atoms with Gasteiger partial charge in [0.15, 0.2) is 0 Å². The van der Waals surface area contributed by atoms with Gasteiger partial charge in [-0.05, 0) is 15.9 Å². The Hall–Kier alpha value is -0.920. The number of anilines is 1. The molecule has 1 saturated heterocycles. The molecule has 0 bridgehead atoms. The summed E-state index contributed by atoms with van der Waals surface area (Å²) in [4.78, 5) is 10.4. The minimum absolute atomic E-state index is 0.473. The van der Waals surface area contributed by atoms with Crippen molar-refractivity contribution in [3.05, 3.63) is 10.7 Å². The maximum Gasteiger partial charge on any atom is 0.232 e. The molecule has 1 aromatic heterocycles. The molecule has 0 aromatic carbocycles. The average molecular weight is 332 g/mol. The molecule has 106 valence electrons. The number of nitrogens with zero attached hydrogens (tertiary/aromatic N) is 3. The number of halogens is 1.